The second-order valence-corrected chi connectivity index (χ2v) is 7.22. The van der Waals surface area contributed by atoms with Gasteiger partial charge >= 0.3 is 6.09 Å². The number of ether oxygens (including phenoxy) is 1. The van der Waals surface area contributed by atoms with Crippen LogP contribution < -0.4 is 5.32 Å². The zero-order valence-electron chi connectivity index (χ0n) is 14.6. The van der Waals surface area contributed by atoms with Gasteiger partial charge in [0.2, 0.25) is 5.67 Å². The van der Waals surface area contributed by atoms with Crippen LogP contribution in [0.3, 0.4) is 0 Å². The molecule has 2 rings (SSSR count). The van der Waals surface area contributed by atoms with Crippen molar-refractivity contribution in [1.82, 2.24) is 10.2 Å². The van der Waals surface area contributed by atoms with Crippen molar-refractivity contribution in [3.63, 3.8) is 0 Å². The molecule has 1 fully saturated rings. The summed E-state index contributed by atoms with van der Waals surface area (Å²) in [5.41, 5.74) is -1.83. The molecule has 0 spiro atoms. The Morgan fingerprint density at radius 2 is 1.92 bits per heavy atom. The van der Waals surface area contributed by atoms with E-state index in [4.69, 9.17) is 4.74 Å². The zero-order chi connectivity index (χ0) is 18.0. The molecule has 24 heavy (non-hydrogen) atoms. The summed E-state index contributed by atoms with van der Waals surface area (Å²) in [6.07, 6.45) is -0.620. The number of likely N-dealkylation sites (tertiary alicyclic amines) is 1. The highest BCUT2D eigenvalue weighted by atomic mass is 19.1. The van der Waals surface area contributed by atoms with Crippen LogP contribution in [0.4, 0.5) is 9.18 Å². The van der Waals surface area contributed by atoms with E-state index in [0.717, 1.165) is 5.56 Å². The van der Waals surface area contributed by atoms with Crippen molar-refractivity contribution in [3.05, 3.63) is 35.9 Å². The maximum absolute atomic E-state index is 15.0. The van der Waals surface area contributed by atoms with E-state index in [-0.39, 0.29) is 25.6 Å². The number of nitrogens with zero attached hydrogens (tertiary/aromatic N) is 1. The highest BCUT2D eigenvalue weighted by Crippen LogP contribution is 2.28. The summed E-state index contributed by atoms with van der Waals surface area (Å²) in [6.45, 7) is 6.93. The van der Waals surface area contributed by atoms with Gasteiger partial charge in [0.05, 0.1) is 12.6 Å². The SMILES string of the molecule is CC(NC(=O)[C@]1(F)CCN(C(=O)OC(C)(C)C)C1)c1ccccc1. The Kier molecular flexibility index (Phi) is 5.16. The molecule has 2 atom stereocenters. The predicted molar refractivity (Wildman–Crippen MR) is 89.3 cm³/mol. The van der Waals surface area contributed by atoms with Crippen LogP contribution in [-0.4, -0.2) is 41.3 Å². The van der Waals surface area contributed by atoms with Crippen LogP contribution in [0.25, 0.3) is 0 Å². The number of carbonyl (C=O) groups excluding carboxylic acids is 2. The molecule has 132 valence electrons. The number of amides is 2. The lowest BCUT2D eigenvalue weighted by atomic mass is 10.0. The van der Waals surface area contributed by atoms with Crippen molar-refractivity contribution < 1.29 is 18.7 Å². The number of hydrogen-bond donors (Lipinski definition) is 1. The number of carbonyl (C=O) groups is 2. The van der Waals surface area contributed by atoms with E-state index in [2.05, 4.69) is 5.32 Å². The van der Waals surface area contributed by atoms with E-state index in [1.54, 1.807) is 27.7 Å². The number of rotatable bonds is 3. The van der Waals surface area contributed by atoms with Gasteiger partial charge in [-0.1, -0.05) is 30.3 Å². The van der Waals surface area contributed by atoms with Gasteiger partial charge in [-0.05, 0) is 33.3 Å². The molecule has 0 radical (unpaired) electrons. The number of nitrogens with one attached hydrogen (secondary N) is 1. The van der Waals surface area contributed by atoms with Gasteiger partial charge in [-0.15, -0.1) is 0 Å². The lowest BCUT2D eigenvalue weighted by Gasteiger charge is -2.25. The first-order valence-corrected chi connectivity index (χ1v) is 8.13. The molecule has 0 aromatic heterocycles. The second kappa shape index (κ2) is 6.79. The molecule has 1 unspecified atom stereocenters. The summed E-state index contributed by atoms with van der Waals surface area (Å²) in [4.78, 5) is 25.6. The van der Waals surface area contributed by atoms with Gasteiger partial charge < -0.3 is 15.0 Å². The van der Waals surface area contributed by atoms with Crippen LogP contribution in [0.15, 0.2) is 30.3 Å². The maximum atomic E-state index is 15.0. The Bertz CT molecular complexity index is 600. The number of benzene rings is 1. The van der Waals surface area contributed by atoms with Gasteiger partial charge in [0.25, 0.3) is 5.91 Å². The third-order valence-corrected chi connectivity index (χ3v) is 3.93. The maximum Gasteiger partial charge on any atom is 0.410 e. The Hall–Kier alpha value is -2.11. The summed E-state index contributed by atoms with van der Waals surface area (Å²) in [7, 11) is 0. The van der Waals surface area contributed by atoms with Crippen LogP contribution in [0.5, 0.6) is 0 Å². The highest BCUT2D eigenvalue weighted by molar-refractivity contribution is 5.87. The lowest BCUT2D eigenvalue weighted by molar-refractivity contribution is -0.132. The highest BCUT2D eigenvalue weighted by Gasteiger charge is 2.47. The summed E-state index contributed by atoms with van der Waals surface area (Å²) in [5.74, 6) is -0.690. The molecule has 1 heterocycles. The van der Waals surface area contributed by atoms with Crippen molar-refractivity contribution in [2.75, 3.05) is 13.1 Å². The van der Waals surface area contributed by atoms with E-state index in [9.17, 15) is 14.0 Å². The molecule has 0 aliphatic carbocycles. The molecule has 1 N–H and O–H groups in total. The molecule has 5 nitrogen and oxygen atoms in total. The first kappa shape index (κ1) is 18.2. The summed E-state index contributed by atoms with van der Waals surface area (Å²) in [5, 5.41) is 2.69. The standard InChI is InChI=1S/C18H25FN2O3/c1-13(14-8-6-5-7-9-14)20-15(22)18(19)10-11-21(12-18)16(23)24-17(2,3)4/h5-9,13H,10-12H2,1-4H3,(H,20,22)/t13?,18-/m0/s1. The van der Waals surface area contributed by atoms with Gasteiger partial charge in [0.15, 0.2) is 0 Å². The topological polar surface area (TPSA) is 58.6 Å². The van der Waals surface area contributed by atoms with Gasteiger partial charge in [0, 0.05) is 13.0 Å². The Morgan fingerprint density at radius 3 is 2.50 bits per heavy atom. The molecule has 1 aromatic rings. The summed E-state index contributed by atoms with van der Waals surface area (Å²) >= 11 is 0. The van der Waals surface area contributed by atoms with E-state index in [0.29, 0.717) is 0 Å². The molecular weight excluding hydrogens is 311 g/mol. The van der Waals surface area contributed by atoms with Crippen LogP contribution in [0.2, 0.25) is 0 Å². The lowest BCUT2D eigenvalue weighted by Crippen LogP contribution is -2.47. The monoisotopic (exact) mass is 336 g/mol. The number of alkyl halides is 1. The molecule has 6 heteroatoms. The summed E-state index contributed by atoms with van der Waals surface area (Å²) in [6, 6.07) is 9.05. The minimum Gasteiger partial charge on any atom is -0.444 e. The zero-order valence-corrected chi connectivity index (χ0v) is 14.6. The molecule has 1 aliphatic heterocycles. The van der Waals surface area contributed by atoms with Crippen molar-refractivity contribution >= 4 is 12.0 Å². The Labute approximate surface area is 142 Å². The van der Waals surface area contributed by atoms with Gasteiger partial charge in [-0.2, -0.15) is 0 Å². The molecule has 0 saturated carbocycles. The first-order valence-electron chi connectivity index (χ1n) is 8.13. The minimum atomic E-state index is -2.08. The molecule has 2 amide bonds. The summed E-state index contributed by atoms with van der Waals surface area (Å²) < 4.78 is 20.2. The fraction of sp³-hybridized carbons (Fsp3) is 0.556. The largest absolute Gasteiger partial charge is 0.444 e. The van der Waals surface area contributed by atoms with Crippen LogP contribution >= 0.6 is 0 Å². The normalized spacial score (nSPS) is 22.1. The first-order chi connectivity index (χ1) is 11.1. The van der Waals surface area contributed by atoms with Gasteiger partial charge in [-0.25, -0.2) is 9.18 Å². The van der Waals surface area contributed by atoms with Crippen molar-refractivity contribution in [3.8, 4) is 0 Å². The van der Waals surface area contributed by atoms with Crippen LogP contribution in [0, 0.1) is 0 Å². The number of hydrogen-bond acceptors (Lipinski definition) is 3. The Morgan fingerprint density at radius 1 is 1.29 bits per heavy atom. The van der Waals surface area contributed by atoms with Gasteiger partial charge in [0.1, 0.15) is 5.60 Å². The van der Waals surface area contributed by atoms with E-state index in [1.165, 1.54) is 4.90 Å². The predicted octanol–water partition coefficient (Wildman–Crippen LogP) is 3.21. The van der Waals surface area contributed by atoms with E-state index in [1.807, 2.05) is 30.3 Å². The smallest absolute Gasteiger partial charge is 0.410 e. The number of halogens is 1. The molecular formula is C18H25FN2O3. The van der Waals surface area contributed by atoms with Crippen molar-refractivity contribution in [2.45, 2.75) is 51.4 Å². The third-order valence-electron chi connectivity index (χ3n) is 3.93. The average Bonchev–Trinajstić information content (AvgIpc) is 2.90. The molecule has 1 saturated heterocycles. The fourth-order valence-electron chi connectivity index (χ4n) is 2.59. The van der Waals surface area contributed by atoms with E-state index >= 15 is 0 Å². The fourth-order valence-corrected chi connectivity index (χ4v) is 2.59. The van der Waals surface area contributed by atoms with E-state index < -0.39 is 23.3 Å². The molecule has 0 bridgehead atoms. The molecule has 1 aromatic carbocycles. The third kappa shape index (κ3) is 4.46. The minimum absolute atomic E-state index is 0.0282. The van der Waals surface area contributed by atoms with Crippen LogP contribution in [0.1, 0.15) is 45.7 Å². The second-order valence-electron chi connectivity index (χ2n) is 7.22. The van der Waals surface area contributed by atoms with Crippen LogP contribution in [-0.2, 0) is 9.53 Å². The van der Waals surface area contributed by atoms with Crippen molar-refractivity contribution in [2.24, 2.45) is 0 Å². The molecule has 1 aliphatic rings. The van der Waals surface area contributed by atoms with Crippen molar-refractivity contribution in [1.29, 1.82) is 0 Å². The quantitative estimate of drug-likeness (QED) is 0.922. The van der Waals surface area contributed by atoms with Gasteiger partial charge in [-0.3, -0.25) is 4.79 Å². The average molecular weight is 336 g/mol. The Balaban J connectivity index is 1.96.